The molecule has 3 N–H and O–H groups in total. The Morgan fingerprint density at radius 1 is 1.04 bits per heavy atom. The Kier molecular flexibility index (Phi) is 7.82. The summed E-state index contributed by atoms with van der Waals surface area (Å²) < 4.78 is 5.43. The zero-order valence-electron chi connectivity index (χ0n) is 14.2. The topological polar surface area (TPSA) is 100 Å². The summed E-state index contributed by atoms with van der Waals surface area (Å²) in [6.45, 7) is -0.118. The summed E-state index contributed by atoms with van der Waals surface area (Å²) in [4.78, 5) is 22.6. The van der Waals surface area contributed by atoms with Crippen molar-refractivity contribution in [1.29, 1.82) is 0 Å². The number of aliphatic hydroxyl groups excluding tert-OH is 1. The normalized spacial score (nSPS) is 10.5. The number of hydrazone groups is 1. The zero-order chi connectivity index (χ0) is 18.6. The third-order valence-electron chi connectivity index (χ3n) is 3.38. The van der Waals surface area contributed by atoms with Gasteiger partial charge >= 0.3 is 0 Å². The van der Waals surface area contributed by atoms with E-state index >= 15 is 0 Å². The van der Waals surface area contributed by atoms with E-state index in [4.69, 9.17) is 9.84 Å². The number of rotatable bonds is 9. The van der Waals surface area contributed by atoms with E-state index in [0.29, 0.717) is 12.3 Å². The summed E-state index contributed by atoms with van der Waals surface area (Å²) in [7, 11) is 0. The molecule has 0 saturated heterocycles. The number of hydrogen-bond donors (Lipinski definition) is 3. The highest BCUT2D eigenvalue weighted by molar-refractivity contribution is 5.82. The van der Waals surface area contributed by atoms with E-state index in [-0.39, 0.29) is 12.5 Å². The van der Waals surface area contributed by atoms with E-state index in [1.807, 2.05) is 30.3 Å². The summed E-state index contributed by atoms with van der Waals surface area (Å²) >= 11 is 0. The van der Waals surface area contributed by atoms with Crippen molar-refractivity contribution in [2.75, 3.05) is 19.8 Å². The maximum atomic E-state index is 11.8. The van der Waals surface area contributed by atoms with Gasteiger partial charge in [0.1, 0.15) is 12.4 Å². The number of ether oxygens (including phenoxy) is 1. The zero-order valence-corrected chi connectivity index (χ0v) is 14.2. The van der Waals surface area contributed by atoms with Crippen LogP contribution in [0.15, 0.2) is 59.7 Å². The van der Waals surface area contributed by atoms with Crippen molar-refractivity contribution in [2.45, 2.75) is 6.42 Å². The first-order chi connectivity index (χ1) is 12.7. The molecule has 2 amide bonds. The molecule has 0 saturated carbocycles. The number of benzene rings is 2. The molecule has 0 aliphatic heterocycles. The van der Waals surface area contributed by atoms with Crippen LogP contribution in [0.25, 0.3) is 0 Å². The molecule has 2 rings (SSSR count). The van der Waals surface area contributed by atoms with Crippen LogP contribution >= 0.6 is 0 Å². The average molecular weight is 355 g/mol. The van der Waals surface area contributed by atoms with Gasteiger partial charge in [0.2, 0.25) is 0 Å². The summed E-state index contributed by atoms with van der Waals surface area (Å²) in [5, 5.41) is 15.0. The molecular formula is C19H21N3O4. The SMILES string of the molecule is O=C(COc1ccc(/C=N\NC(=O)CO)cc1)NCCc1ccccc1. The number of aliphatic hydroxyl groups is 1. The fourth-order valence-electron chi connectivity index (χ4n) is 2.06. The van der Waals surface area contributed by atoms with E-state index in [1.165, 1.54) is 11.8 Å². The van der Waals surface area contributed by atoms with Crippen LogP contribution < -0.4 is 15.5 Å². The van der Waals surface area contributed by atoms with Gasteiger partial charge in [-0.2, -0.15) is 5.10 Å². The number of nitrogens with zero attached hydrogens (tertiary/aromatic N) is 1. The lowest BCUT2D eigenvalue weighted by atomic mass is 10.1. The lowest BCUT2D eigenvalue weighted by Gasteiger charge is -2.08. The molecule has 0 atom stereocenters. The van der Waals surface area contributed by atoms with Crippen LogP contribution in [0, 0.1) is 0 Å². The van der Waals surface area contributed by atoms with Gasteiger partial charge in [-0.15, -0.1) is 0 Å². The van der Waals surface area contributed by atoms with E-state index in [0.717, 1.165) is 12.0 Å². The van der Waals surface area contributed by atoms with Crippen LogP contribution in [0.2, 0.25) is 0 Å². The Labute approximate surface area is 151 Å². The van der Waals surface area contributed by atoms with Gasteiger partial charge in [-0.1, -0.05) is 30.3 Å². The summed E-state index contributed by atoms with van der Waals surface area (Å²) in [5.74, 6) is -0.211. The van der Waals surface area contributed by atoms with Crippen molar-refractivity contribution >= 4 is 18.0 Å². The summed E-state index contributed by atoms with van der Waals surface area (Å²) in [6.07, 6.45) is 2.21. The Balaban J connectivity index is 1.68. The number of amides is 2. The van der Waals surface area contributed by atoms with Gasteiger partial charge in [-0.3, -0.25) is 9.59 Å². The second-order valence-corrected chi connectivity index (χ2v) is 5.39. The molecule has 26 heavy (non-hydrogen) atoms. The molecule has 0 fully saturated rings. The molecule has 0 bridgehead atoms. The Bertz CT molecular complexity index is 730. The maximum absolute atomic E-state index is 11.8. The number of carbonyl (C=O) groups is 2. The van der Waals surface area contributed by atoms with Crippen LogP contribution in [0.4, 0.5) is 0 Å². The maximum Gasteiger partial charge on any atom is 0.265 e. The van der Waals surface area contributed by atoms with Gasteiger partial charge in [-0.05, 0) is 41.8 Å². The highest BCUT2D eigenvalue weighted by atomic mass is 16.5. The first-order valence-electron chi connectivity index (χ1n) is 8.13. The molecule has 2 aromatic rings. The molecule has 7 nitrogen and oxygen atoms in total. The molecule has 0 aliphatic rings. The summed E-state index contributed by atoms with van der Waals surface area (Å²) in [5.41, 5.74) is 4.07. The predicted octanol–water partition coefficient (Wildman–Crippen LogP) is 0.867. The molecule has 7 heteroatoms. The molecule has 0 unspecified atom stereocenters. The van der Waals surface area contributed by atoms with Crippen LogP contribution in [0.3, 0.4) is 0 Å². The second-order valence-electron chi connectivity index (χ2n) is 5.39. The molecule has 136 valence electrons. The number of carbonyl (C=O) groups excluding carboxylic acids is 2. The molecular weight excluding hydrogens is 334 g/mol. The van der Waals surface area contributed by atoms with Crippen molar-refractivity contribution in [3.8, 4) is 5.75 Å². The van der Waals surface area contributed by atoms with Crippen molar-refractivity contribution in [1.82, 2.24) is 10.7 Å². The minimum atomic E-state index is -0.614. The highest BCUT2D eigenvalue weighted by Crippen LogP contribution is 2.10. The quantitative estimate of drug-likeness (QED) is 0.459. The fraction of sp³-hybridized carbons (Fsp3) is 0.211. The van der Waals surface area contributed by atoms with Crippen molar-refractivity contribution in [3.05, 3.63) is 65.7 Å². The van der Waals surface area contributed by atoms with E-state index < -0.39 is 12.5 Å². The minimum absolute atomic E-state index is 0.0607. The van der Waals surface area contributed by atoms with Crippen LogP contribution in [0.1, 0.15) is 11.1 Å². The van der Waals surface area contributed by atoms with Crippen molar-refractivity contribution in [2.24, 2.45) is 5.10 Å². The van der Waals surface area contributed by atoms with E-state index in [9.17, 15) is 9.59 Å². The molecule has 0 spiro atoms. The first kappa shape index (κ1) is 19.1. The number of hydrogen-bond acceptors (Lipinski definition) is 5. The van der Waals surface area contributed by atoms with Gasteiger partial charge in [-0.25, -0.2) is 5.43 Å². The molecule has 0 aromatic heterocycles. The highest BCUT2D eigenvalue weighted by Gasteiger charge is 2.02. The standard InChI is InChI=1S/C19H21N3O4/c23-13-18(24)22-21-12-16-6-8-17(9-7-16)26-14-19(25)20-11-10-15-4-2-1-3-5-15/h1-9,12,23H,10-11,13-14H2,(H,20,25)(H,22,24)/b21-12-. The Morgan fingerprint density at radius 3 is 2.46 bits per heavy atom. The minimum Gasteiger partial charge on any atom is -0.484 e. The van der Waals surface area contributed by atoms with E-state index in [2.05, 4.69) is 15.8 Å². The lowest BCUT2D eigenvalue weighted by molar-refractivity contribution is -0.124. The van der Waals surface area contributed by atoms with E-state index in [1.54, 1.807) is 24.3 Å². The van der Waals surface area contributed by atoms with Crippen molar-refractivity contribution in [3.63, 3.8) is 0 Å². The third-order valence-corrected chi connectivity index (χ3v) is 3.38. The molecule has 2 aromatic carbocycles. The monoisotopic (exact) mass is 355 g/mol. The first-order valence-corrected chi connectivity index (χ1v) is 8.13. The molecule has 0 radical (unpaired) electrons. The predicted molar refractivity (Wildman–Crippen MR) is 97.9 cm³/mol. The summed E-state index contributed by atoms with van der Waals surface area (Å²) in [6, 6.07) is 16.8. The van der Waals surface area contributed by atoms with Crippen LogP contribution in [0.5, 0.6) is 5.75 Å². The average Bonchev–Trinajstić information content (AvgIpc) is 2.68. The lowest BCUT2D eigenvalue weighted by Crippen LogP contribution is -2.30. The van der Waals surface area contributed by atoms with Gasteiger partial charge < -0.3 is 15.2 Å². The molecule has 0 heterocycles. The molecule has 0 aliphatic carbocycles. The third kappa shape index (κ3) is 7.14. The van der Waals surface area contributed by atoms with Crippen LogP contribution in [-0.4, -0.2) is 42.9 Å². The van der Waals surface area contributed by atoms with Crippen LogP contribution in [-0.2, 0) is 16.0 Å². The second kappa shape index (κ2) is 10.6. The van der Waals surface area contributed by atoms with Gasteiger partial charge in [0.15, 0.2) is 6.61 Å². The fourth-order valence-corrected chi connectivity index (χ4v) is 2.06. The Hall–Kier alpha value is -3.19. The largest absolute Gasteiger partial charge is 0.484 e. The smallest absolute Gasteiger partial charge is 0.265 e. The number of nitrogens with one attached hydrogen (secondary N) is 2. The van der Waals surface area contributed by atoms with Crippen molar-refractivity contribution < 1.29 is 19.4 Å². The Morgan fingerprint density at radius 2 is 1.77 bits per heavy atom. The van der Waals surface area contributed by atoms with Gasteiger partial charge in [0.05, 0.1) is 6.21 Å². The van der Waals surface area contributed by atoms with Gasteiger partial charge in [0, 0.05) is 6.54 Å². The van der Waals surface area contributed by atoms with Gasteiger partial charge in [0.25, 0.3) is 11.8 Å².